The lowest BCUT2D eigenvalue weighted by Gasteiger charge is -2.18. The normalized spacial score (nSPS) is 12.9. The van der Waals surface area contributed by atoms with Gasteiger partial charge in [-0.25, -0.2) is 0 Å². The summed E-state index contributed by atoms with van der Waals surface area (Å²) in [6, 6.07) is 4.91. The van der Waals surface area contributed by atoms with Gasteiger partial charge in [0.1, 0.15) is 5.75 Å². The van der Waals surface area contributed by atoms with Gasteiger partial charge in [-0.15, -0.1) is 0 Å². The molecule has 0 atom stereocenters. The summed E-state index contributed by atoms with van der Waals surface area (Å²) in [5.41, 5.74) is 1.91. The zero-order chi connectivity index (χ0) is 15.2. The van der Waals surface area contributed by atoms with Crippen LogP contribution < -0.4 is 15.4 Å². The van der Waals surface area contributed by atoms with Gasteiger partial charge in [0.2, 0.25) is 0 Å². The van der Waals surface area contributed by atoms with Gasteiger partial charge in [-0.2, -0.15) is 0 Å². The predicted molar refractivity (Wildman–Crippen MR) is 78.5 cm³/mol. The van der Waals surface area contributed by atoms with E-state index in [1.807, 2.05) is 6.92 Å². The van der Waals surface area contributed by atoms with Crippen molar-refractivity contribution in [2.45, 2.75) is 6.92 Å². The van der Waals surface area contributed by atoms with Crippen molar-refractivity contribution in [3.05, 3.63) is 35.9 Å². The van der Waals surface area contributed by atoms with Crippen LogP contribution in [0.15, 0.2) is 30.4 Å². The molecule has 6 nitrogen and oxygen atoms in total. The number of ether oxygens (including phenoxy) is 2. The second kappa shape index (κ2) is 6.90. The molecule has 21 heavy (non-hydrogen) atoms. The molecule has 1 aromatic rings. The molecular formula is C15H18N2O4. The lowest BCUT2D eigenvalue weighted by molar-refractivity contribution is -0.118. The minimum absolute atomic E-state index is 0.00139. The standard InChI is InChI=1S/C15H18N2O4/c1-10(2)8-20-6-5-16-15(19)11-3-4-13-12(7-11)17-14(18)9-21-13/h3-4,7H,1,5-6,8-9H2,2H3,(H,16,19)(H,17,18). The summed E-state index contributed by atoms with van der Waals surface area (Å²) in [6.07, 6.45) is 0. The van der Waals surface area contributed by atoms with E-state index in [4.69, 9.17) is 9.47 Å². The molecule has 1 aliphatic heterocycles. The summed E-state index contributed by atoms with van der Waals surface area (Å²) >= 11 is 0. The molecule has 0 aliphatic carbocycles. The van der Waals surface area contributed by atoms with E-state index in [1.165, 1.54) is 0 Å². The number of amides is 2. The molecule has 1 aliphatic rings. The third-order valence-corrected chi connectivity index (χ3v) is 2.76. The Morgan fingerprint density at radius 2 is 2.33 bits per heavy atom. The van der Waals surface area contributed by atoms with Crippen LogP contribution in [0.2, 0.25) is 0 Å². The molecule has 0 bridgehead atoms. The average Bonchev–Trinajstić information content (AvgIpc) is 2.45. The summed E-state index contributed by atoms with van der Waals surface area (Å²) < 4.78 is 10.5. The monoisotopic (exact) mass is 290 g/mol. The van der Waals surface area contributed by atoms with Crippen molar-refractivity contribution in [3.63, 3.8) is 0 Å². The molecular weight excluding hydrogens is 272 g/mol. The Balaban J connectivity index is 1.86. The molecule has 2 N–H and O–H groups in total. The first-order chi connectivity index (χ1) is 10.1. The highest BCUT2D eigenvalue weighted by atomic mass is 16.5. The van der Waals surface area contributed by atoms with E-state index in [9.17, 15) is 9.59 Å². The van der Waals surface area contributed by atoms with Crippen LogP contribution in [0.25, 0.3) is 0 Å². The maximum Gasteiger partial charge on any atom is 0.262 e. The number of fused-ring (bicyclic) bond motifs is 1. The van der Waals surface area contributed by atoms with Crippen LogP contribution in [-0.2, 0) is 9.53 Å². The van der Waals surface area contributed by atoms with Crippen LogP contribution in [-0.4, -0.2) is 38.2 Å². The molecule has 1 heterocycles. The van der Waals surface area contributed by atoms with Gasteiger partial charge in [-0.3, -0.25) is 9.59 Å². The lowest BCUT2D eigenvalue weighted by atomic mass is 10.1. The smallest absolute Gasteiger partial charge is 0.262 e. The van der Waals surface area contributed by atoms with Gasteiger partial charge in [-0.1, -0.05) is 12.2 Å². The van der Waals surface area contributed by atoms with Crippen molar-refractivity contribution >= 4 is 17.5 Å². The second-order valence-corrected chi connectivity index (χ2v) is 4.81. The highest BCUT2D eigenvalue weighted by molar-refractivity contribution is 5.99. The third kappa shape index (κ3) is 4.32. The minimum Gasteiger partial charge on any atom is -0.482 e. The molecule has 112 valence electrons. The number of benzene rings is 1. The lowest BCUT2D eigenvalue weighted by Crippen LogP contribution is -2.28. The first kappa shape index (κ1) is 15.1. The Kier molecular flexibility index (Phi) is 4.94. The largest absolute Gasteiger partial charge is 0.482 e. The molecule has 0 spiro atoms. The zero-order valence-corrected chi connectivity index (χ0v) is 11.9. The quantitative estimate of drug-likeness (QED) is 0.612. The van der Waals surface area contributed by atoms with Gasteiger partial charge >= 0.3 is 0 Å². The van der Waals surface area contributed by atoms with Gasteiger partial charge < -0.3 is 20.1 Å². The SMILES string of the molecule is C=C(C)COCCNC(=O)c1ccc2c(c1)NC(=O)CO2. The van der Waals surface area contributed by atoms with Crippen molar-refractivity contribution < 1.29 is 19.1 Å². The number of carbonyl (C=O) groups is 2. The summed E-state index contributed by atoms with van der Waals surface area (Å²) in [7, 11) is 0. The molecule has 0 saturated heterocycles. The van der Waals surface area contributed by atoms with Crippen molar-refractivity contribution in [3.8, 4) is 5.75 Å². The molecule has 1 aromatic carbocycles. The minimum atomic E-state index is -0.228. The molecule has 0 aromatic heterocycles. The van der Waals surface area contributed by atoms with Gasteiger partial charge in [0.05, 0.1) is 18.9 Å². The Morgan fingerprint density at radius 1 is 1.52 bits per heavy atom. The number of carbonyl (C=O) groups excluding carboxylic acids is 2. The van der Waals surface area contributed by atoms with E-state index in [2.05, 4.69) is 17.2 Å². The van der Waals surface area contributed by atoms with Gasteiger partial charge in [0, 0.05) is 12.1 Å². The van der Waals surface area contributed by atoms with Gasteiger partial charge in [0.15, 0.2) is 6.61 Å². The summed E-state index contributed by atoms with van der Waals surface area (Å²) in [5, 5.41) is 5.41. The topological polar surface area (TPSA) is 76.7 Å². The fourth-order valence-corrected chi connectivity index (χ4v) is 1.81. The number of hydrogen-bond donors (Lipinski definition) is 2. The maximum atomic E-state index is 12.0. The second-order valence-electron chi connectivity index (χ2n) is 4.81. The first-order valence-corrected chi connectivity index (χ1v) is 6.63. The highest BCUT2D eigenvalue weighted by Gasteiger charge is 2.17. The van der Waals surface area contributed by atoms with Crippen molar-refractivity contribution in [2.24, 2.45) is 0 Å². The third-order valence-electron chi connectivity index (χ3n) is 2.76. The molecule has 2 amide bonds. The Hall–Kier alpha value is -2.34. The molecule has 2 rings (SSSR count). The van der Waals surface area contributed by atoms with Crippen LogP contribution in [0.1, 0.15) is 17.3 Å². The highest BCUT2D eigenvalue weighted by Crippen LogP contribution is 2.28. The fraction of sp³-hybridized carbons (Fsp3) is 0.333. The van der Waals surface area contributed by atoms with E-state index in [1.54, 1.807) is 18.2 Å². The molecule has 6 heteroatoms. The number of hydrogen-bond acceptors (Lipinski definition) is 4. The molecule has 0 fully saturated rings. The Labute approximate surface area is 123 Å². The molecule has 0 radical (unpaired) electrons. The number of rotatable bonds is 6. The number of nitrogens with one attached hydrogen (secondary N) is 2. The van der Waals surface area contributed by atoms with Crippen molar-refractivity contribution in [1.29, 1.82) is 0 Å². The Bertz CT molecular complexity index is 569. The Morgan fingerprint density at radius 3 is 3.10 bits per heavy atom. The van der Waals surface area contributed by atoms with E-state index in [0.29, 0.717) is 36.8 Å². The van der Waals surface area contributed by atoms with Crippen LogP contribution in [0.4, 0.5) is 5.69 Å². The van der Waals surface area contributed by atoms with E-state index in [0.717, 1.165) is 5.57 Å². The summed E-state index contributed by atoms with van der Waals surface area (Å²) in [6.45, 7) is 6.91. The summed E-state index contributed by atoms with van der Waals surface area (Å²) in [5.74, 6) is 0.112. The van der Waals surface area contributed by atoms with Gasteiger partial charge in [-0.05, 0) is 25.1 Å². The van der Waals surface area contributed by atoms with E-state index < -0.39 is 0 Å². The number of anilines is 1. The summed E-state index contributed by atoms with van der Waals surface area (Å²) in [4.78, 5) is 23.2. The van der Waals surface area contributed by atoms with Crippen LogP contribution in [0.3, 0.4) is 0 Å². The molecule has 0 unspecified atom stereocenters. The zero-order valence-electron chi connectivity index (χ0n) is 11.9. The average molecular weight is 290 g/mol. The molecule has 0 saturated carbocycles. The predicted octanol–water partition coefficient (Wildman–Crippen LogP) is 1.34. The first-order valence-electron chi connectivity index (χ1n) is 6.63. The van der Waals surface area contributed by atoms with E-state index >= 15 is 0 Å². The van der Waals surface area contributed by atoms with E-state index in [-0.39, 0.29) is 18.4 Å². The van der Waals surface area contributed by atoms with Crippen LogP contribution in [0.5, 0.6) is 5.75 Å². The van der Waals surface area contributed by atoms with Crippen molar-refractivity contribution in [1.82, 2.24) is 5.32 Å². The fourth-order valence-electron chi connectivity index (χ4n) is 1.81. The maximum absolute atomic E-state index is 12.0. The van der Waals surface area contributed by atoms with Crippen LogP contribution >= 0.6 is 0 Å². The van der Waals surface area contributed by atoms with Gasteiger partial charge in [0.25, 0.3) is 11.8 Å². The van der Waals surface area contributed by atoms with Crippen molar-refractivity contribution in [2.75, 3.05) is 31.7 Å². The van der Waals surface area contributed by atoms with Crippen LogP contribution in [0, 0.1) is 0 Å².